The predicted molar refractivity (Wildman–Crippen MR) is 60.5 cm³/mol. The van der Waals surface area contributed by atoms with E-state index in [9.17, 15) is 0 Å². The van der Waals surface area contributed by atoms with Gasteiger partial charge in [-0.3, -0.25) is 0 Å². The van der Waals surface area contributed by atoms with Gasteiger partial charge in [-0.15, -0.1) is 11.3 Å². The molecule has 2 nitrogen and oxygen atoms in total. The second-order valence-electron chi connectivity index (χ2n) is 3.57. The van der Waals surface area contributed by atoms with Crippen LogP contribution in [-0.2, 0) is 4.84 Å². The molecule has 0 N–H and O–H groups in total. The van der Waals surface area contributed by atoms with Crippen LogP contribution < -0.4 is 0 Å². The van der Waals surface area contributed by atoms with Gasteiger partial charge >= 0.3 is 0 Å². The minimum atomic E-state index is -0.222. The standard InChI is InChI=1S/C9H12BrNOS/c1-9(2,3)12-11-6-8-7(10)4-5-13-8/h4-6H,1-3H3/b11-6+. The Morgan fingerprint density at radius 1 is 1.54 bits per heavy atom. The van der Waals surface area contributed by atoms with Gasteiger partial charge in [0.25, 0.3) is 0 Å². The average molecular weight is 262 g/mol. The van der Waals surface area contributed by atoms with Crippen LogP contribution in [0.2, 0.25) is 0 Å². The first kappa shape index (κ1) is 10.7. The first-order valence-corrected chi connectivity index (χ1v) is 5.61. The molecule has 0 radical (unpaired) electrons. The summed E-state index contributed by atoms with van der Waals surface area (Å²) < 4.78 is 1.05. The van der Waals surface area contributed by atoms with Gasteiger partial charge in [-0.05, 0) is 48.1 Å². The molecule has 0 amide bonds. The quantitative estimate of drug-likeness (QED) is 0.588. The van der Waals surface area contributed by atoms with Crippen molar-refractivity contribution in [2.75, 3.05) is 0 Å². The van der Waals surface area contributed by atoms with Gasteiger partial charge in [-0.2, -0.15) is 0 Å². The first-order valence-electron chi connectivity index (χ1n) is 3.93. The SMILES string of the molecule is CC(C)(C)O/N=C/c1sccc1Br. The van der Waals surface area contributed by atoms with Crippen LogP contribution in [0.3, 0.4) is 0 Å². The molecule has 0 atom stereocenters. The van der Waals surface area contributed by atoms with Gasteiger partial charge in [0.05, 0.1) is 11.1 Å². The van der Waals surface area contributed by atoms with Gasteiger partial charge in [0.2, 0.25) is 0 Å². The Labute approximate surface area is 90.7 Å². The third kappa shape index (κ3) is 3.91. The molecule has 0 saturated carbocycles. The van der Waals surface area contributed by atoms with Gasteiger partial charge in [-0.25, -0.2) is 0 Å². The smallest absolute Gasteiger partial charge is 0.129 e. The van der Waals surface area contributed by atoms with Crippen molar-refractivity contribution in [1.82, 2.24) is 0 Å². The molecule has 1 heterocycles. The molecule has 0 bridgehead atoms. The van der Waals surface area contributed by atoms with Crippen molar-refractivity contribution in [2.24, 2.45) is 5.16 Å². The summed E-state index contributed by atoms with van der Waals surface area (Å²) in [5.41, 5.74) is -0.222. The van der Waals surface area contributed by atoms with Crippen LogP contribution in [0.5, 0.6) is 0 Å². The molecule has 0 aromatic carbocycles. The molecule has 0 aliphatic rings. The molecule has 0 aliphatic carbocycles. The van der Waals surface area contributed by atoms with Gasteiger partial charge in [-0.1, -0.05) is 5.16 Å². The summed E-state index contributed by atoms with van der Waals surface area (Å²) in [5, 5.41) is 5.90. The van der Waals surface area contributed by atoms with E-state index in [-0.39, 0.29) is 5.60 Å². The molecule has 72 valence electrons. The lowest BCUT2D eigenvalue weighted by Crippen LogP contribution is -2.15. The maximum atomic E-state index is 5.21. The topological polar surface area (TPSA) is 21.6 Å². The molecule has 0 spiro atoms. The van der Waals surface area contributed by atoms with Crippen LogP contribution in [-0.4, -0.2) is 11.8 Å². The fourth-order valence-electron chi connectivity index (χ4n) is 0.630. The lowest BCUT2D eigenvalue weighted by atomic mass is 10.2. The van der Waals surface area contributed by atoms with E-state index in [1.807, 2.05) is 32.2 Å². The number of halogens is 1. The third-order valence-corrected chi connectivity index (χ3v) is 2.95. The molecule has 4 heteroatoms. The highest BCUT2D eigenvalue weighted by atomic mass is 79.9. The highest BCUT2D eigenvalue weighted by Gasteiger charge is 2.09. The minimum Gasteiger partial charge on any atom is -0.390 e. The Hall–Kier alpha value is -0.350. The van der Waals surface area contributed by atoms with Crippen molar-refractivity contribution < 1.29 is 4.84 Å². The highest BCUT2D eigenvalue weighted by molar-refractivity contribution is 9.10. The van der Waals surface area contributed by atoms with Crippen molar-refractivity contribution in [3.8, 4) is 0 Å². The van der Waals surface area contributed by atoms with Gasteiger partial charge in [0, 0.05) is 4.47 Å². The Kier molecular flexibility index (Phi) is 3.50. The summed E-state index contributed by atoms with van der Waals surface area (Å²) in [6.45, 7) is 5.90. The molecular weight excluding hydrogens is 250 g/mol. The van der Waals surface area contributed by atoms with Crippen LogP contribution in [0.4, 0.5) is 0 Å². The molecule has 1 rings (SSSR count). The molecule has 0 fully saturated rings. The summed E-state index contributed by atoms with van der Waals surface area (Å²) in [5.74, 6) is 0. The van der Waals surface area contributed by atoms with Crippen LogP contribution >= 0.6 is 27.3 Å². The van der Waals surface area contributed by atoms with E-state index in [0.717, 1.165) is 9.35 Å². The molecule has 13 heavy (non-hydrogen) atoms. The zero-order valence-corrected chi connectivity index (χ0v) is 10.3. The van der Waals surface area contributed by atoms with Crippen molar-refractivity contribution in [3.05, 3.63) is 20.8 Å². The van der Waals surface area contributed by atoms with E-state index < -0.39 is 0 Å². The van der Waals surface area contributed by atoms with Crippen molar-refractivity contribution in [1.29, 1.82) is 0 Å². The van der Waals surface area contributed by atoms with Crippen LogP contribution in [0, 0.1) is 0 Å². The number of oxime groups is 1. The Morgan fingerprint density at radius 2 is 2.23 bits per heavy atom. The van der Waals surface area contributed by atoms with Gasteiger partial charge < -0.3 is 4.84 Å². The molecule has 0 aliphatic heterocycles. The number of rotatable bonds is 2. The number of hydrogen-bond acceptors (Lipinski definition) is 3. The zero-order chi connectivity index (χ0) is 9.90. The molecular formula is C9H12BrNOS. The van der Waals surface area contributed by atoms with E-state index in [1.165, 1.54) is 0 Å². The van der Waals surface area contributed by atoms with E-state index in [2.05, 4.69) is 21.1 Å². The van der Waals surface area contributed by atoms with E-state index in [4.69, 9.17) is 4.84 Å². The van der Waals surface area contributed by atoms with Crippen molar-refractivity contribution >= 4 is 33.5 Å². The van der Waals surface area contributed by atoms with E-state index in [1.54, 1.807) is 17.6 Å². The normalized spacial score (nSPS) is 12.3. The number of nitrogens with zero attached hydrogens (tertiary/aromatic N) is 1. The minimum absolute atomic E-state index is 0.222. The van der Waals surface area contributed by atoms with Gasteiger partial charge in [0.15, 0.2) is 0 Å². The third-order valence-electron chi connectivity index (χ3n) is 1.14. The summed E-state index contributed by atoms with van der Waals surface area (Å²) in [6.07, 6.45) is 1.72. The Bertz CT molecular complexity index is 301. The largest absolute Gasteiger partial charge is 0.390 e. The predicted octanol–water partition coefficient (Wildman–Crippen LogP) is 3.66. The van der Waals surface area contributed by atoms with Crippen LogP contribution in [0.1, 0.15) is 25.6 Å². The highest BCUT2D eigenvalue weighted by Crippen LogP contribution is 2.20. The summed E-state index contributed by atoms with van der Waals surface area (Å²) in [6, 6.07) is 1.99. The summed E-state index contributed by atoms with van der Waals surface area (Å²) >= 11 is 5.03. The maximum absolute atomic E-state index is 5.21. The molecule has 0 saturated heterocycles. The van der Waals surface area contributed by atoms with E-state index >= 15 is 0 Å². The lowest BCUT2D eigenvalue weighted by Gasteiger charge is -2.14. The van der Waals surface area contributed by atoms with Crippen molar-refractivity contribution in [2.45, 2.75) is 26.4 Å². The molecule has 0 unspecified atom stereocenters. The summed E-state index contributed by atoms with van der Waals surface area (Å²) in [7, 11) is 0. The van der Waals surface area contributed by atoms with E-state index in [0.29, 0.717) is 0 Å². The Morgan fingerprint density at radius 3 is 2.69 bits per heavy atom. The monoisotopic (exact) mass is 261 g/mol. The lowest BCUT2D eigenvalue weighted by molar-refractivity contribution is 0.00201. The van der Waals surface area contributed by atoms with Gasteiger partial charge in [0.1, 0.15) is 5.60 Å². The summed E-state index contributed by atoms with van der Waals surface area (Å²) in [4.78, 5) is 6.29. The fourth-order valence-corrected chi connectivity index (χ4v) is 1.96. The Balaban J connectivity index is 2.55. The maximum Gasteiger partial charge on any atom is 0.129 e. The number of thiophene rings is 1. The first-order chi connectivity index (χ1) is 5.99. The molecule has 1 aromatic heterocycles. The fraction of sp³-hybridized carbons (Fsp3) is 0.444. The van der Waals surface area contributed by atoms with Crippen LogP contribution in [0.15, 0.2) is 21.1 Å². The molecule has 1 aromatic rings. The second kappa shape index (κ2) is 4.24. The average Bonchev–Trinajstić information content (AvgIpc) is 2.34. The second-order valence-corrected chi connectivity index (χ2v) is 5.37. The van der Waals surface area contributed by atoms with Crippen molar-refractivity contribution in [3.63, 3.8) is 0 Å². The van der Waals surface area contributed by atoms with Crippen LogP contribution in [0.25, 0.3) is 0 Å². The number of hydrogen-bond donors (Lipinski definition) is 0. The zero-order valence-electron chi connectivity index (χ0n) is 7.87.